The SMILES string of the molecule is CCCCCCCCCCCCCCCCCCCCC(=O)O[C@H](COC(=O)CCCCCCCCCCCCCCCCCCC)COP(=O)(O)OC[C@@H](O)COP(=O)(O)OC[C@@H](COC(=O)CCCCCCC)OC(=O)CCCCCCCCCCCC(C)C. The Bertz CT molecular complexity index is 1770. The molecule has 92 heavy (non-hydrogen) atoms. The summed E-state index contributed by atoms with van der Waals surface area (Å²) in [4.78, 5) is 72.4. The van der Waals surface area contributed by atoms with E-state index >= 15 is 0 Å². The Morgan fingerprint density at radius 2 is 0.500 bits per heavy atom. The molecule has 0 aliphatic rings. The summed E-state index contributed by atoms with van der Waals surface area (Å²) in [6, 6.07) is 0. The third-order valence-electron chi connectivity index (χ3n) is 17.0. The van der Waals surface area contributed by atoms with Crippen molar-refractivity contribution in [1.82, 2.24) is 0 Å². The minimum absolute atomic E-state index is 0.105. The number of carbonyl (C=O) groups is 4. The average Bonchev–Trinajstić information content (AvgIpc) is 1.56. The lowest BCUT2D eigenvalue weighted by atomic mass is 10.0. The van der Waals surface area contributed by atoms with Crippen LogP contribution in [0, 0.1) is 5.92 Å². The number of aliphatic hydroxyl groups excluding tert-OH is 1. The molecular formula is C73H142O17P2. The highest BCUT2D eigenvalue weighted by atomic mass is 31.2. The summed E-state index contributed by atoms with van der Waals surface area (Å²) >= 11 is 0. The van der Waals surface area contributed by atoms with Crippen LogP contribution in [0.5, 0.6) is 0 Å². The fourth-order valence-corrected chi connectivity index (χ4v) is 12.8. The van der Waals surface area contributed by atoms with Crippen LogP contribution in [0.1, 0.15) is 381 Å². The number of hydrogen-bond donors (Lipinski definition) is 3. The maximum absolute atomic E-state index is 13.1. The second-order valence-corrected chi connectivity index (χ2v) is 29.7. The predicted octanol–water partition coefficient (Wildman–Crippen LogP) is 21.3. The van der Waals surface area contributed by atoms with E-state index in [9.17, 15) is 43.2 Å². The second kappa shape index (κ2) is 66.3. The van der Waals surface area contributed by atoms with Crippen LogP contribution in [-0.2, 0) is 65.4 Å². The van der Waals surface area contributed by atoms with Gasteiger partial charge >= 0.3 is 39.5 Å². The van der Waals surface area contributed by atoms with Gasteiger partial charge in [0.2, 0.25) is 0 Å². The van der Waals surface area contributed by atoms with E-state index in [-0.39, 0.29) is 25.7 Å². The van der Waals surface area contributed by atoms with Gasteiger partial charge in [0.05, 0.1) is 26.4 Å². The number of aliphatic hydroxyl groups is 1. The molecule has 0 spiro atoms. The third kappa shape index (κ3) is 66.7. The molecule has 0 aromatic carbocycles. The quantitative estimate of drug-likeness (QED) is 0.0222. The Morgan fingerprint density at radius 1 is 0.293 bits per heavy atom. The molecule has 17 nitrogen and oxygen atoms in total. The standard InChI is InChI=1S/C73H142O17P2/c1-6-9-12-15-17-19-21-23-25-27-29-31-33-35-39-43-48-53-58-72(77)90-69(63-84-71(76)57-52-47-42-38-34-32-30-28-26-24-22-20-18-16-13-10-7-2)65-88-92(81,82)86-61-67(74)60-85-91(79,80)87-64-68(62-83-70(75)56-51-45-14-11-8-3)89-73(78)59-54-49-44-40-36-37-41-46-50-55-66(4)5/h66-69,74H,6-65H2,1-5H3,(H,79,80)(H,81,82)/t67-,68+,69+/m0/s1. The lowest BCUT2D eigenvalue weighted by Gasteiger charge is -2.21. The van der Waals surface area contributed by atoms with Gasteiger partial charge in [-0.05, 0) is 31.6 Å². The first kappa shape index (κ1) is 90.1. The highest BCUT2D eigenvalue weighted by Crippen LogP contribution is 2.45. The molecule has 0 fully saturated rings. The summed E-state index contributed by atoms with van der Waals surface area (Å²) in [6.45, 7) is 7.16. The molecule has 19 heteroatoms. The number of esters is 4. The summed E-state index contributed by atoms with van der Waals surface area (Å²) in [5.41, 5.74) is 0. The molecule has 0 rings (SSSR count). The summed E-state index contributed by atoms with van der Waals surface area (Å²) in [5.74, 6) is -1.39. The molecule has 546 valence electrons. The molecule has 0 aromatic rings. The monoisotopic (exact) mass is 1350 g/mol. The molecule has 0 aliphatic carbocycles. The third-order valence-corrected chi connectivity index (χ3v) is 18.9. The van der Waals surface area contributed by atoms with Crippen LogP contribution in [0.25, 0.3) is 0 Å². The average molecular weight is 1350 g/mol. The Morgan fingerprint density at radius 3 is 0.739 bits per heavy atom. The Kier molecular flexibility index (Phi) is 64.9. The van der Waals surface area contributed by atoms with Gasteiger partial charge in [-0.2, -0.15) is 0 Å². The van der Waals surface area contributed by atoms with E-state index in [1.165, 1.54) is 199 Å². The molecule has 0 saturated heterocycles. The summed E-state index contributed by atoms with van der Waals surface area (Å²) in [5, 5.41) is 10.6. The van der Waals surface area contributed by atoms with Crippen LogP contribution in [0.2, 0.25) is 0 Å². The molecule has 3 N–H and O–H groups in total. The summed E-state index contributed by atoms with van der Waals surface area (Å²) in [6.07, 6.45) is 54.6. The van der Waals surface area contributed by atoms with Gasteiger partial charge in [-0.1, -0.05) is 330 Å². The fraction of sp³-hybridized carbons (Fsp3) is 0.945. The van der Waals surface area contributed by atoms with Crippen molar-refractivity contribution in [2.24, 2.45) is 5.92 Å². The first-order valence-electron chi connectivity index (χ1n) is 38.1. The van der Waals surface area contributed by atoms with Crippen molar-refractivity contribution in [3.8, 4) is 0 Å². The van der Waals surface area contributed by atoms with Gasteiger partial charge in [0.15, 0.2) is 12.2 Å². The maximum atomic E-state index is 13.1. The molecule has 0 radical (unpaired) electrons. The normalized spacial score (nSPS) is 14.0. The van der Waals surface area contributed by atoms with Crippen LogP contribution >= 0.6 is 15.6 Å². The predicted molar refractivity (Wildman–Crippen MR) is 372 cm³/mol. The van der Waals surface area contributed by atoms with E-state index in [2.05, 4.69) is 34.6 Å². The van der Waals surface area contributed by atoms with Crippen molar-refractivity contribution in [2.45, 2.75) is 400 Å². The smallest absolute Gasteiger partial charge is 0.462 e. The minimum Gasteiger partial charge on any atom is -0.462 e. The molecule has 0 aromatic heterocycles. The first-order valence-corrected chi connectivity index (χ1v) is 41.1. The topological polar surface area (TPSA) is 237 Å². The van der Waals surface area contributed by atoms with Crippen LogP contribution < -0.4 is 0 Å². The van der Waals surface area contributed by atoms with Gasteiger partial charge in [0.1, 0.15) is 19.3 Å². The molecule has 0 bridgehead atoms. The number of unbranched alkanes of at least 4 members (excludes halogenated alkanes) is 45. The highest BCUT2D eigenvalue weighted by Gasteiger charge is 2.30. The minimum atomic E-state index is -4.95. The van der Waals surface area contributed by atoms with Crippen molar-refractivity contribution in [1.29, 1.82) is 0 Å². The molecule has 0 amide bonds. The number of phosphoric acid groups is 2. The highest BCUT2D eigenvalue weighted by molar-refractivity contribution is 7.47. The van der Waals surface area contributed by atoms with E-state index in [1.54, 1.807) is 0 Å². The zero-order chi connectivity index (χ0) is 67.7. The fourth-order valence-electron chi connectivity index (χ4n) is 11.2. The molecule has 0 aliphatic heterocycles. The number of phosphoric ester groups is 2. The summed E-state index contributed by atoms with van der Waals surface area (Å²) in [7, 11) is -9.89. The molecule has 0 heterocycles. The molecular weight excluding hydrogens is 1210 g/mol. The van der Waals surface area contributed by atoms with E-state index in [4.69, 9.17) is 37.0 Å². The maximum Gasteiger partial charge on any atom is 0.472 e. The van der Waals surface area contributed by atoms with Gasteiger partial charge < -0.3 is 33.8 Å². The lowest BCUT2D eigenvalue weighted by molar-refractivity contribution is -0.161. The van der Waals surface area contributed by atoms with Gasteiger partial charge in [-0.25, -0.2) is 9.13 Å². The van der Waals surface area contributed by atoms with Crippen molar-refractivity contribution in [3.63, 3.8) is 0 Å². The van der Waals surface area contributed by atoms with Crippen LogP contribution in [0.15, 0.2) is 0 Å². The second-order valence-electron chi connectivity index (χ2n) is 26.8. The zero-order valence-corrected chi connectivity index (χ0v) is 61.5. The van der Waals surface area contributed by atoms with E-state index in [0.717, 1.165) is 102 Å². The van der Waals surface area contributed by atoms with Crippen molar-refractivity contribution in [2.75, 3.05) is 39.6 Å². The largest absolute Gasteiger partial charge is 0.472 e. The molecule has 0 saturated carbocycles. The van der Waals surface area contributed by atoms with Crippen LogP contribution in [0.3, 0.4) is 0 Å². The number of ether oxygens (including phenoxy) is 4. The van der Waals surface area contributed by atoms with E-state index in [0.29, 0.717) is 25.7 Å². The number of hydrogen-bond acceptors (Lipinski definition) is 15. The Balaban J connectivity index is 5.14. The molecule has 5 atom stereocenters. The number of carbonyl (C=O) groups excluding carboxylic acids is 4. The molecule has 2 unspecified atom stereocenters. The van der Waals surface area contributed by atoms with Crippen molar-refractivity contribution >= 4 is 39.5 Å². The zero-order valence-electron chi connectivity index (χ0n) is 59.7. The van der Waals surface area contributed by atoms with Crippen molar-refractivity contribution in [3.05, 3.63) is 0 Å². The number of rotatable bonds is 73. The van der Waals surface area contributed by atoms with Crippen LogP contribution in [0.4, 0.5) is 0 Å². The van der Waals surface area contributed by atoms with Crippen molar-refractivity contribution < 1.29 is 80.2 Å². The first-order chi connectivity index (χ1) is 44.5. The lowest BCUT2D eigenvalue weighted by Crippen LogP contribution is -2.30. The van der Waals surface area contributed by atoms with Gasteiger partial charge in [0, 0.05) is 25.7 Å². The van der Waals surface area contributed by atoms with Gasteiger partial charge in [-0.3, -0.25) is 37.3 Å². The van der Waals surface area contributed by atoms with Crippen LogP contribution in [-0.4, -0.2) is 96.7 Å². The van der Waals surface area contributed by atoms with Gasteiger partial charge in [-0.15, -0.1) is 0 Å². The summed E-state index contributed by atoms with van der Waals surface area (Å²) < 4.78 is 68.2. The Labute approximate surface area is 562 Å². The van der Waals surface area contributed by atoms with Gasteiger partial charge in [0.25, 0.3) is 0 Å². The van der Waals surface area contributed by atoms with E-state index in [1.807, 2.05) is 0 Å². The van der Waals surface area contributed by atoms with E-state index < -0.39 is 97.5 Å². The Hall–Kier alpha value is -1.94.